The number of carboxylic acids is 3. The van der Waals surface area contributed by atoms with Crippen molar-refractivity contribution in [2.45, 2.75) is 30.8 Å². The second kappa shape index (κ2) is 16.3. The molecule has 0 saturated carbocycles. The van der Waals surface area contributed by atoms with E-state index >= 15 is 0 Å². The second-order valence-electron chi connectivity index (χ2n) is 6.32. The van der Waals surface area contributed by atoms with E-state index in [0.29, 0.717) is 0 Å². The van der Waals surface area contributed by atoms with E-state index < -0.39 is 29.5 Å². The zero-order valence-electron chi connectivity index (χ0n) is 16.4. The predicted molar refractivity (Wildman–Crippen MR) is 100 cm³/mol. The number of hydrogen-bond donors (Lipinski definition) is 4. The summed E-state index contributed by atoms with van der Waals surface area (Å²) in [6.07, 6.45) is -0.823. The molecule has 0 bridgehead atoms. The quantitative estimate of drug-likeness (QED) is 0.134. The van der Waals surface area contributed by atoms with Crippen molar-refractivity contribution in [2.75, 3.05) is 52.7 Å². The van der Waals surface area contributed by atoms with E-state index in [1.807, 2.05) is 0 Å². The molecule has 14 heteroatoms. The van der Waals surface area contributed by atoms with Crippen molar-refractivity contribution >= 4 is 17.9 Å². The lowest BCUT2D eigenvalue weighted by atomic mass is 10.0. The number of aliphatic carboxylic acids is 3. The highest BCUT2D eigenvalue weighted by Crippen LogP contribution is 2.11. The van der Waals surface area contributed by atoms with Gasteiger partial charge in [0, 0.05) is 6.54 Å². The Kier molecular flexibility index (Phi) is 14.9. The van der Waals surface area contributed by atoms with Gasteiger partial charge in [0.1, 0.15) is 12.6 Å². The summed E-state index contributed by atoms with van der Waals surface area (Å²) in [5.41, 5.74) is -1.19. The van der Waals surface area contributed by atoms with Crippen LogP contribution >= 0.6 is 0 Å². The Morgan fingerprint density at radius 2 is 1.20 bits per heavy atom. The average Bonchev–Trinajstić information content (AvgIpc) is 2.68. The highest BCUT2D eigenvalue weighted by atomic mass is 16.5. The third kappa shape index (κ3) is 14.4. The van der Waals surface area contributed by atoms with Crippen LogP contribution in [-0.2, 0) is 28.6 Å². The van der Waals surface area contributed by atoms with Gasteiger partial charge in [-0.25, -0.2) is 0 Å². The molecule has 0 spiro atoms. The van der Waals surface area contributed by atoms with E-state index in [-0.39, 0.29) is 72.0 Å². The molecule has 0 aromatic rings. The lowest BCUT2D eigenvalue weighted by Gasteiger charge is -2.34. The first-order valence-electron chi connectivity index (χ1n) is 9.00. The Morgan fingerprint density at radius 1 is 0.800 bits per heavy atom. The predicted octanol–water partition coefficient (Wildman–Crippen LogP) is -0.310. The summed E-state index contributed by atoms with van der Waals surface area (Å²) < 4.78 is 16.1. The van der Waals surface area contributed by atoms with Crippen LogP contribution in [0.15, 0.2) is 10.4 Å². The molecule has 0 aliphatic heterocycles. The standard InChI is InChI=1S/C16H27N3O11/c20-13(21)1-4-28-9-16(10-29-5-2-14(22)23,11-30-6-3-15(24)25)17-7-12(19-27)8-18-26/h12,17H,1-11H2,(H,20,21)(H,22,23)(H,24,25). The molecule has 0 fully saturated rings. The summed E-state index contributed by atoms with van der Waals surface area (Å²) in [6, 6.07) is -1.00. The van der Waals surface area contributed by atoms with Gasteiger partial charge < -0.3 is 34.8 Å². The van der Waals surface area contributed by atoms with Crippen molar-refractivity contribution < 1.29 is 43.9 Å². The summed E-state index contributed by atoms with van der Waals surface area (Å²) in [5, 5.41) is 34.5. The minimum absolute atomic E-state index is 0.123. The van der Waals surface area contributed by atoms with Crippen LogP contribution in [0.4, 0.5) is 0 Å². The van der Waals surface area contributed by atoms with Gasteiger partial charge in [-0.15, -0.1) is 0 Å². The fourth-order valence-corrected chi connectivity index (χ4v) is 2.11. The van der Waals surface area contributed by atoms with Gasteiger partial charge in [0.15, 0.2) is 0 Å². The van der Waals surface area contributed by atoms with E-state index in [9.17, 15) is 24.2 Å². The van der Waals surface area contributed by atoms with Crippen LogP contribution < -0.4 is 5.32 Å². The lowest BCUT2D eigenvalue weighted by Crippen LogP contribution is -2.58. The Labute approximate surface area is 171 Å². The second-order valence-corrected chi connectivity index (χ2v) is 6.32. The average molecular weight is 437 g/mol. The molecule has 0 radical (unpaired) electrons. The molecule has 0 amide bonds. The van der Waals surface area contributed by atoms with Crippen LogP contribution in [0.5, 0.6) is 0 Å². The number of nitroso groups, excluding NO2 is 2. The lowest BCUT2D eigenvalue weighted by molar-refractivity contribution is -0.139. The smallest absolute Gasteiger partial charge is 0.305 e. The largest absolute Gasteiger partial charge is 0.481 e. The third-order valence-electron chi connectivity index (χ3n) is 3.66. The van der Waals surface area contributed by atoms with Gasteiger partial charge in [-0.3, -0.25) is 14.4 Å². The Bertz CT molecular complexity index is 503. The minimum Gasteiger partial charge on any atom is -0.481 e. The molecule has 0 rings (SSSR count). The molecular weight excluding hydrogens is 410 g/mol. The van der Waals surface area contributed by atoms with E-state index in [2.05, 4.69) is 15.7 Å². The van der Waals surface area contributed by atoms with Crippen LogP contribution in [0, 0.1) is 9.81 Å². The van der Waals surface area contributed by atoms with E-state index in [0.717, 1.165) is 0 Å². The van der Waals surface area contributed by atoms with Gasteiger partial charge in [-0.1, -0.05) is 10.4 Å². The SMILES string of the molecule is O=NCC(CNC(COCCC(=O)O)(COCCC(=O)O)COCCC(=O)O)N=O. The molecule has 30 heavy (non-hydrogen) atoms. The molecule has 0 aromatic heterocycles. The molecule has 0 saturated heterocycles. The highest BCUT2D eigenvalue weighted by Gasteiger charge is 2.33. The fourth-order valence-electron chi connectivity index (χ4n) is 2.11. The maximum absolute atomic E-state index is 10.8. The van der Waals surface area contributed by atoms with Crippen molar-refractivity contribution in [2.24, 2.45) is 10.4 Å². The number of carboxylic acid groups (broad SMARTS) is 3. The first-order valence-corrected chi connectivity index (χ1v) is 9.00. The number of nitrogens with one attached hydrogen (secondary N) is 1. The minimum atomic E-state index is -1.19. The summed E-state index contributed by atoms with van der Waals surface area (Å²) in [4.78, 5) is 53.2. The van der Waals surface area contributed by atoms with Crippen molar-refractivity contribution in [3.63, 3.8) is 0 Å². The monoisotopic (exact) mass is 437 g/mol. The van der Waals surface area contributed by atoms with E-state index in [1.54, 1.807) is 0 Å². The van der Waals surface area contributed by atoms with Crippen molar-refractivity contribution in [3.05, 3.63) is 9.81 Å². The van der Waals surface area contributed by atoms with Crippen molar-refractivity contribution in [1.29, 1.82) is 0 Å². The normalized spacial score (nSPS) is 12.3. The van der Waals surface area contributed by atoms with Gasteiger partial charge in [-0.05, 0) is 0 Å². The molecule has 1 atom stereocenters. The number of nitrogens with zero attached hydrogens (tertiary/aromatic N) is 2. The topological polar surface area (TPSA) is 210 Å². The van der Waals surface area contributed by atoms with Crippen LogP contribution in [-0.4, -0.2) is 97.5 Å². The van der Waals surface area contributed by atoms with Gasteiger partial charge in [0.05, 0.1) is 64.4 Å². The van der Waals surface area contributed by atoms with Gasteiger partial charge in [0.2, 0.25) is 0 Å². The molecule has 14 nitrogen and oxygen atoms in total. The summed E-state index contributed by atoms with van der Waals surface area (Å²) in [7, 11) is 0. The summed E-state index contributed by atoms with van der Waals surface area (Å²) >= 11 is 0. The van der Waals surface area contributed by atoms with Crippen LogP contribution in [0.25, 0.3) is 0 Å². The molecule has 0 aliphatic carbocycles. The molecule has 1 unspecified atom stereocenters. The van der Waals surface area contributed by atoms with Crippen LogP contribution in [0.1, 0.15) is 19.3 Å². The van der Waals surface area contributed by atoms with Crippen molar-refractivity contribution in [1.82, 2.24) is 5.32 Å². The third-order valence-corrected chi connectivity index (χ3v) is 3.66. The van der Waals surface area contributed by atoms with Gasteiger partial charge in [0.25, 0.3) is 0 Å². The molecule has 0 heterocycles. The molecule has 172 valence electrons. The number of ether oxygens (including phenoxy) is 3. The zero-order chi connectivity index (χ0) is 22.8. The zero-order valence-corrected chi connectivity index (χ0v) is 16.4. The Hall–Kier alpha value is -2.55. The molecule has 0 aromatic carbocycles. The van der Waals surface area contributed by atoms with Gasteiger partial charge >= 0.3 is 17.9 Å². The molecule has 4 N–H and O–H groups in total. The summed E-state index contributed by atoms with van der Waals surface area (Å²) in [6.45, 7) is -1.44. The van der Waals surface area contributed by atoms with Crippen LogP contribution in [0.2, 0.25) is 0 Å². The highest BCUT2D eigenvalue weighted by molar-refractivity contribution is 5.67. The maximum Gasteiger partial charge on any atom is 0.305 e. The first kappa shape index (κ1) is 27.5. The van der Waals surface area contributed by atoms with E-state index in [1.165, 1.54) is 0 Å². The Balaban J connectivity index is 5.17. The first-order chi connectivity index (χ1) is 14.2. The van der Waals surface area contributed by atoms with Crippen LogP contribution in [0.3, 0.4) is 0 Å². The van der Waals surface area contributed by atoms with Crippen molar-refractivity contribution in [3.8, 4) is 0 Å². The Morgan fingerprint density at radius 3 is 1.50 bits per heavy atom. The maximum atomic E-state index is 10.8. The van der Waals surface area contributed by atoms with Gasteiger partial charge in [-0.2, -0.15) is 9.81 Å². The van der Waals surface area contributed by atoms with E-state index in [4.69, 9.17) is 29.5 Å². The fraction of sp³-hybridized carbons (Fsp3) is 0.812. The number of carbonyl (C=O) groups is 3. The molecular formula is C16H27N3O11. The number of hydrogen-bond acceptors (Lipinski definition) is 11. The molecule has 0 aliphatic rings. The number of rotatable bonds is 21. The summed E-state index contributed by atoms with van der Waals surface area (Å²) in [5.74, 6) is -3.23.